The number of carbonyl (C=O) groups excluding carboxylic acids is 1. The summed E-state index contributed by atoms with van der Waals surface area (Å²) in [7, 11) is 0. The minimum absolute atomic E-state index is 0.0842. The molecule has 0 N–H and O–H groups in total. The number of nitrogens with zero attached hydrogens (tertiary/aromatic N) is 1. The molecule has 0 bridgehead atoms. The van der Waals surface area contributed by atoms with Gasteiger partial charge in [-0.3, -0.25) is 0 Å². The molecule has 0 aliphatic heterocycles. The fraction of sp³-hybridized carbons (Fsp3) is 0.571. The predicted molar refractivity (Wildman–Crippen MR) is 77.1 cm³/mol. The molecule has 0 saturated carbocycles. The molecule has 4 nitrogen and oxygen atoms in total. The minimum atomic E-state index is -1.63. The van der Waals surface area contributed by atoms with E-state index < -0.39 is 12.0 Å². The zero-order chi connectivity index (χ0) is 15.8. The van der Waals surface area contributed by atoms with E-state index in [1.807, 2.05) is 6.92 Å². The molecule has 21 heavy (non-hydrogen) atoms. The summed E-state index contributed by atoms with van der Waals surface area (Å²) in [6.45, 7) is 5.65. The van der Waals surface area contributed by atoms with E-state index in [0.717, 1.165) is 11.3 Å². The molecule has 0 atom stereocenters. The maximum atomic E-state index is 12.2. The van der Waals surface area contributed by atoms with Gasteiger partial charge in [0.2, 0.25) is 0 Å². The smallest absolute Gasteiger partial charge is 0.350 e. The number of aromatic nitrogens is 1. The van der Waals surface area contributed by atoms with Gasteiger partial charge in [0, 0.05) is 0 Å². The number of unbranched alkanes of at least 4 members (excludes halogenated alkanes) is 1. The molecule has 0 aliphatic rings. The van der Waals surface area contributed by atoms with Gasteiger partial charge in [0.1, 0.15) is 4.88 Å². The Morgan fingerprint density at radius 1 is 1.33 bits per heavy atom. The van der Waals surface area contributed by atoms with Gasteiger partial charge in [-0.25, -0.2) is 9.78 Å². The van der Waals surface area contributed by atoms with E-state index in [0.29, 0.717) is 41.6 Å². The highest BCUT2D eigenvalue weighted by Gasteiger charge is 2.17. The molecule has 0 fully saturated rings. The molecular weight excluding hydrogens is 300 g/mol. The highest BCUT2D eigenvalue weighted by atomic mass is 32.1. The lowest BCUT2D eigenvalue weighted by Gasteiger charge is -2.03. The van der Waals surface area contributed by atoms with Crippen LogP contribution in [0.4, 0.5) is 8.78 Å². The third-order valence-electron chi connectivity index (χ3n) is 2.73. The molecule has 0 amide bonds. The van der Waals surface area contributed by atoms with E-state index >= 15 is 0 Å². The van der Waals surface area contributed by atoms with E-state index in [9.17, 15) is 13.6 Å². The summed E-state index contributed by atoms with van der Waals surface area (Å²) in [5.74, 6) is -0.445. The van der Waals surface area contributed by atoms with Crippen LogP contribution in [0.15, 0.2) is 11.7 Å². The topological polar surface area (TPSA) is 48.4 Å². The quantitative estimate of drug-likeness (QED) is 0.528. The summed E-state index contributed by atoms with van der Waals surface area (Å²) in [6, 6.07) is 0. The van der Waals surface area contributed by atoms with Gasteiger partial charge in [0.25, 0.3) is 11.3 Å². The Kier molecular flexibility index (Phi) is 7.28. The van der Waals surface area contributed by atoms with E-state index in [1.165, 1.54) is 6.92 Å². The van der Waals surface area contributed by atoms with Gasteiger partial charge < -0.3 is 9.47 Å². The molecule has 7 heteroatoms. The molecule has 0 saturated heterocycles. The monoisotopic (exact) mass is 319 g/mol. The Morgan fingerprint density at radius 3 is 2.67 bits per heavy atom. The second-order valence-electron chi connectivity index (χ2n) is 4.46. The molecule has 1 rings (SSSR count). The third kappa shape index (κ3) is 5.79. The highest BCUT2D eigenvalue weighted by molar-refractivity contribution is 7.15. The first-order valence-electron chi connectivity index (χ1n) is 6.73. The number of allylic oxidation sites excluding steroid dienone is 1. The van der Waals surface area contributed by atoms with Crippen LogP contribution in [0.3, 0.4) is 0 Å². The second-order valence-corrected chi connectivity index (χ2v) is 5.42. The summed E-state index contributed by atoms with van der Waals surface area (Å²) in [4.78, 5) is 16.4. The Hall–Kier alpha value is -1.50. The van der Waals surface area contributed by atoms with E-state index in [-0.39, 0.29) is 12.2 Å². The average Bonchev–Trinajstić information content (AvgIpc) is 2.79. The van der Waals surface area contributed by atoms with E-state index in [4.69, 9.17) is 9.47 Å². The number of rotatable bonds is 8. The number of esters is 1. The number of hydrogen-bond donors (Lipinski definition) is 0. The van der Waals surface area contributed by atoms with Crippen LogP contribution in [0, 0.1) is 6.92 Å². The zero-order valence-corrected chi connectivity index (χ0v) is 13.2. The molecule has 0 aliphatic carbocycles. The van der Waals surface area contributed by atoms with Crippen molar-refractivity contribution in [1.82, 2.24) is 4.98 Å². The summed E-state index contributed by atoms with van der Waals surface area (Å²) >= 11 is 1.15. The van der Waals surface area contributed by atoms with Crippen LogP contribution in [0.1, 0.15) is 48.5 Å². The Morgan fingerprint density at radius 2 is 2.05 bits per heavy atom. The molecule has 0 spiro atoms. The van der Waals surface area contributed by atoms with Crippen molar-refractivity contribution < 1.29 is 23.0 Å². The molecule has 0 unspecified atom stereocenters. The standard InChI is InChI=1S/C14H19F2NO3S/c1-4-19-14-17-10(3)11(21-14)13(18)20-8-6-5-7-9(2)12(15)16/h4-8H2,1-3H3. The number of thiazole rings is 1. The molecular formula is C14H19F2NO3S. The number of halogens is 2. The molecule has 0 radical (unpaired) electrons. The minimum Gasteiger partial charge on any atom is -0.470 e. The van der Waals surface area contributed by atoms with Crippen LogP contribution in [0.2, 0.25) is 0 Å². The highest BCUT2D eigenvalue weighted by Crippen LogP contribution is 2.25. The number of aryl methyl sites for hydroxylation is 1. The van der Waals surface area contributed by atoms with Crippen LogP contribution in [-0.2, 0) is 4.74 Å². The average molecular weight is 319 g/mol. The number of hydrogen-bond acceptors (Lipinski definition) is 5. The summed E-state index contributed by atoms with van der Waals surface area (Å²) < 4.78 is 34.7. The first-order valence-corrected chi connectivity index (χ1v) is 7.55. The van der Waals surface area contributed by atoms with Gasteiger partial charge in [-0.1, -0.05) is 11.3 Å². The lowest BCUT2D eigenvalue weighted by atomic mass is 10.1. The van der Waals surface area contributed by atoms with Gasteiger partial charge in [-0.2, -0.15) is 8.78 Å². The third-order valence-corrected chi connectivity index (χ3v) is 3.78. The number of carbonyl (C=O) groups is 1. The van der Waals surface area contributed by atoms with Gasteiger partial charge in [-0.05, 0) is 45.6 Å². The zero-order valence-electron chi connectivity index (χ0n) is 12.4. The first-order chi connectivity index (χ1) is 9.95. The van der Waals surface area contributed by atoms with Gasteiger partial charge in [0.15, 0.2) is 0 Å². The molecule has 1 aromatic heterocycles. The van der Waals surface area contributed by atoms with Crippen molar-refractivity contribution in [3.05, 3.63) is 22.2 Å². The van der Waals surface area contributed by atoms with Crippen molar-refractivity contribution in [3.8, 4) is 5.19 Å². The SMILES string of the molecule is CCOc1nc(C)c(C(=O)OCCCCC(C)=C(F)F)s1. The summed E-state index contributed by atoms with van der Waals surface area (Å²) in [5, 5.41) is 0.445. The lowest BCUT2D eigenvalue weighted by molar-refractivity contribution is 0.0503. The van der Waals surface area contributed by atoms with E-state index in [2.05, 4.69) is 4.98 Å². The Bertz CT molecular complexity index is 510. The fourth-order valence-corrected chi connectivity index (χ4v) is 2.43. The van der Waals surface area contributed by atoms with Crippen molar-refractivity contribution in [2.24, 2.45) is 0 Å². The van der Waals surface area contributed by atoms with Crippen molar-refractivity contribution in [2.75, 3.05) is 13.2 Å². The molecule has 0 aromatic carbocycles. The largest absolute Gasteiger partial charge is 0.470 e. The van der Waals surface area contributed by atoms with Crippen LogP contribution in [-0.4, -0.2) is 24.2 Å². The summed E-state index contributed by atoms with van der Waals surface area (Å²) in [6.07, 6.45) is -0.209. The molecule has 1 aromatic rings. The fourth-order valence-electron chi connectivity index (χ4n) is 1.56. The molecule has 118 valence electrons. The van der Waals surface area contributed by atoms with Gasteiger partial charge in [-0.15, -0.1) is 0 Å². The van der Waals surface area contributed by atoms with Crippen LogP contribution in [0.25, 0.3) is 0 Å². The maximum Gasteiger partial charge on any atom is 0.350 e. The van der Waals surface area contributed by atoms with Crippen molar-refractivity contribution in [1.29, 1.82) is 0 Å². The maximum absolute atomic E-state index is 12.2. The summed E-state index contributed by atoms with van der Waals surface area (Å²) in [5.41, 5.74) is 0.660. The Balaban J connectivity index is 2.36. The van der Waals surface area contributed by atoms with Crippen LogP contribution >= 0.6 is 11.3 Å². The Labute approximate surface area is 126 Å². The first kappa shape index (κ1) is 17.6. The predicted octanol–water partition coefficient (Wildman–Crippen LogP) is 4.35. The van der Waals surface area contributed by atoms with Crippen LogP contribution < -0.4 is 4.74 Å². The lowest BCUT2D eigenvalue weighted by Crippen LogP contribution is -2.06. The van der Waals surface area contributed by atoms with Crippen molar-refractivity contribution in [2.45, 2.75) is 40.0 Å². The van der Waals surface area contributed by atoms with Crippen LogP contribution in [0.5, 0.6) is 5.19 Å². The van der Waals surface area contributed by atoms with Crippen molar-refractivity contribution in [3.63, 3.8) is 0 Å². The van der Waals surface area contributed by atoms with E-state index in [1.54, 1.807) is 6.92 Å². The van der Waals surface area contributed by atoms with Gasteiger partial charge >= 0.3 is 5.97 Å². The normalized spacial score (nSPS) is 10.3. The number of ether oxygens (including phenoxy) is 2. The second kappa shape index (κ2) is 8.71. The van der Waals surface area contributed by atoms with Gasteiger partial charge in [0.05, 0.1) is 18.9 Å². The van der Waals surface area contributed by atoms with Crippen molar-refractivity contribution >= 4 is 17.3 Å². The molecule has 1 heterocycles.